The first-order valence-electron chi connectivity index (χ1n) is 11.6. The van der Waals surface area contributed by atoms with Gasteiger partial charge < -0.3 is 4.90 Å². The first-order valence-corrected chi connectivity index (χ1v) is 13.0. The van der Waals surface area contributed by atoms with Gasteiger partial charge in [0.25, 0.3) is 0 Å². The molecule has 0 unspecified atom stereocenters. The second-order valence-corrected chi connectivity index (χ2v) is 11.7. The number of rotatable bonds is 5. The van der Waals surface area contributed by atoms with E-state index in [-0.39, 0.29) is 25.0 Å². The van der Waals surface area contributed by atoms with Gasteiger partial charge in [0.2, 0.25) is 0 Å². The second-order valence-electron chi connectivity index (χ2n) is 8.96. The summed E-state index contributed by atoms with van der Waals surface area (Å²) in [5.41, 5.74) is 3.66. The molecule has 0 radical (unpaired) electrons. The quantitative estimate of drug-likeness (QED) is 0.263. The van der Waals surface area contributed by atoms with Crippen LogP contribution in [-0.2, 0) is 17.1 Å². The van der Waals surface area contributed by atoms with E-state index in [2.05, 4.69) is 44.1 Å². The normalized spacial score (nSPS) is 19.5. The van der Waals surface area contributed by atoms with Gasteiger partial charge in [0.1, 0.15) is 0 Å². The average molecular weight is 453 g/mol. The molecule has 1 nitrogen and oxygen atoms in total. The summed E-state index contributed by atoms with van der Waals surface area (Å²) in [6.45, 7) is 2.38. The van der Waals surface area contributed by atoms with Crippen molar-refractivity contribution in [3.05, 3.63) is 54.1 Å². The summed E-state index contributed by atoms with van der Waals surface area (Å²) in [7, 11) is 4.49. The van der Waals surface area contributed by atoms with Crippen LogP contribution in [0.1, 0.15) is 82.7 Å². The van der Waals surface area contributed by atoms with E-state index in [9.17, 15) is 0 Å². The molecule has 0 aliphatic heterocycles. The molecule has 0 saturated heterocycles. The molecule has 4 rings (SSSR count). The van der Waals surface area contributed by atoms with Crippen molar-refractivity contribution < 1.29 is 17.1 Å². The van der Waals surface area contributed by atoms with Gasteiger partial charge in [0.15, 0.2) is 0 Å². The maximum Gasteiger partial charge on any atom is 2.00 e. The topological polar surface area (TPSA) is 3.24 Å². The van der Waals surface area contributed by atoms with Gasteiger partial charge >= 0.3 is 17.1 Å². The fourth-order valence-electron chi connectivity index (χ4n) is 5.02. The van der Waals surface area contributed by atoms with E-state index in [0.717, 1.165) is 11.3 Å². The molecule has 0 amide bonds. The molecule has 0 N–H and O–H groups in total. The van der Waals surface area contributed by atoms with E-state index >= 15 is 0 Å². The molecular formula is C26H40FeNP. The van der Waals surface area contributed by atoms with Gasteiger partial charge in [-0.1, -0.05) is 53.4 Å². The van der Waals surface area contributed by atoms with Crippen LogP contribution in [0.4, 0.5) is 0 Å². The number of hydrogen-bond donors (Lipinski definition) is 0. The smallest absolute Gasteiger partial charge is 0.314 e. The molecule has 2 aliphatic carbocycles. The van der Waals surface area contributed by atoms with Gasteiger partial charge in [0.05, 0.1) is 0 Å². The zero-order valence-corrected chi connectivity index (χ0v) is 20.7. The zero-order valence-electron chi connectivity index (χ0n) is 18.7. The van der Waals surface area contributed by atoms with Crippen LogP contribution in [-0.4, -0.2) is 30.3 Å². The molecule has 2 aromatic carbocycles. The third-order valence-electron chi connectivity index (χ3n) is 6.82. The van der Waals surface area contributed by atoms with Gasteiger partial charge in [-0.2, -0.15) is 24.3 Å². The predicted molar refractivity (Wildman–Crippen MR) is 126 cm³/mol. The summed E-state index contributed by atoms with van der Waals surface area (Å²) in [6, 6.07) is 17.8. The molecule has 2 aromatic rings. The molecule has 162 valence electrons. The van der Waals surface area contributed by atoms with Crippen molar-refractivity contribution in [3.63, 3.8) is 0 Å². The number of nitrogens with zero attached hydrogens (tertiary/aromatic N) is 1. The Morgan fingerprint density at radius 3 is 1.83 bits per heavy atom. The Hall–Kier alpha value is -0.391. The largest absolute Gasteiger partial charge is 2.00 e. The molecule has 0 bridgehead atoms. The van der Waals surface area contributed by atoms with Crippen molar-refractivity contribution in [2.45, 2.75) is 88.5 Å². The average Bonchev–Trinajstić information content (AvgIpc) is 3.45. The maximum absolute atomic E-state index is 2.50. The molecule has 3 heteroatoms. The van der Waals surface area contributed by atoms with Crippen molar-refractivity contribution in [2.75, 3.05) is 14.1 Å². The van der Waals surface area contributed by atoms with Gasteiger partial charge in [-0.25, -0.2) is 24.3 Å². The second kappa shape index (κ2) is 13.1. The first-order chi connectivity index (χ1) is 13.7. The summed E-state index contributed by atoms with van der Waals surface area (Å²) in [6.07, 6.45) is 14.9. The van der Waals surface area contributed by atoms with E-state index in [1.807, 2.05) is 30.3 Å². The summed E-state index contributed by atoms with van der Waals surface area (Å²) < 4.78 is 0. The minimum atomic E-state index is 0. The van der Waals surface area contributed by atoms with Crippen molar-refractivity contribution >= 4 is 13.2 Å². The fraction of sp³-hybridized carbons (Fsp3) is 0.615. The summed E-state index contributed by atoms with van der Waals surface area (Å²) in [5, 5.41) is 1.78. The molecule has 0 aromatic heterocycles. The Kier molecular flexibility index (Phi) is 11.2. The molecular weight excluding hydrogens is 413 g/mol. The molecule has 2 aliphatic rings. The van der Waals surface area contributed by atoms with Gasteiger partial charge in [-0.15, -0.1) is 10.9 Å². The Labute approximate surface area is 191 Å². The molecule has 0 heterocycles. The van der Waals surface area contributed by atoms with Gasteiger partial charge in [-0.3, -0.25) is 0 Å². The van der Waals surface area contributed by atoms with Crippen LogP contribution >= 0.6 is 7.92 Å². The van der Waals surface area contributed by atoms with E-state index < -0.39 is 0 Å². The maximum atomic E-state index is 2.50. The predicted octanol–water partition coefficient (Wildman–Crippen LogP) is 7.20. The van der Waals surface area contributed by atoms with Gasteiger partial charge in [-0.05, 0) is 57.1 Å². The summed E-state index contributed by atoms with van der Waals surface area (Å²) >= 11 is 0. The van der Waals surface area contributed by atoms with Crippen LogP contribution in [0.15, 0.2) is 48.5 Å². The SMILES string of the molecule is C[C@H]([c-]1cccc1P(C1CCCCC1)C1CCCCC1)N(C)C.[Fe+2].c1cc[cH-]c1. The number of hydrogen-bond acceptors (Lipinski definition) is 1. The van der Waals surface area contributed by atoms with Crippen LogP contribution in [0.2, 0.25) is 0 Å². The van der Waals surface area contributed by atoms with Crippen LogP contribution in [0.3, 0.4) is 0 Å². The fourth-order valence-corrected chi connectivity index (χ4v) is 9.07. The molecule has 2 saturated carbocycles. The first kappa shape index (κ1) is 24.9. The third-order valence-corrected chi connectivity index (χ3v) is 10.4. The standard InChI is InChI=1S/C21H35NP.C5H5.Fe/c1-17(22(2)3)20-15-10-16-21(20)23(18-11-6-4-7-12-18)19-13-8-5-9-14-19;1-2-4-5-3-1;/h10,15-19H,4-9,11-14H2,1-3H3;1-5H;/q2*-1;+2/t17-;;/m1../s1. The summed E-state index contributed by atoms with van der Waals surface area (Å²) in [5.74, 6) is 0. The Balaban J connectivity index is 0.000000437. The van der Waals surface area contributed by atoms with E-state index in [1.54, 1.807) is 10.9 Å². The van der Waals surface area contributed by atoms with Crippen LogP contribution in [0.5, 0.6) is 0 Å². The molecule has 0 spiro atoms. The van der Waals surface area contributed by atoms with Crippen molar-refractivity contribution in [1.82, 2.24) is 4.90 Å². The van der Waals surface area contributed by atoms with Crippen LogP contribution < -0.4 is 5.30 Å². The van der Waals surface area contributed by atoms with E-state index in [0.29, 0.717) is 6.04 Å². The Morgan fingerprint density at radius 1 is 0.897 bits per heavy atom. The van der Waals surface area contributed by atoms with E-state index in [4.69, 9.17) is 0 Å². The molecule has 2 fully saturated rings. The van der Waals surface area contributed by atoms with E-state index in [1.165, 1.54) is 64.2 Å². The molecule has 1 atom stereocenters. The van der Waals surface area contributed by atoms with Crippen LogP contribution in [0, 0.1) is 0 Å². The minimum absolute atomic E-state index is 0. The Morgan fingerprint density at radius 2 is 1.41 bits per heavy atom. The summed E-state index contributed by atoms with van der Waals surface area (Å²) in [4.78, 5) is 2.38. The van der Waals surface area contributed by atoms with Crippen molar-refractivity contribution in [1.29, 1.82) is 0 Å². The third kappa shape index (κ3) is 7.07. The van der Waals surface area contributed by atoms with Gasteiger partial charge in [0, 0.05) is 0 Å². The minimum Gasteiger partial charge on any atom is -0.314 e. The Bertz CT molecular complexity index is 600. The van der Waals surface area contributed by atoms with Crippen molar-refractivity contribution in [2.24, 2.45) is 0 Å². The zero-order chi connectivity index (χ0) is 19.8. The van der Waals surface area contributed by atoms with Crippen LogP contribution in [0.25, 0.3) is 0 Å². The van der Waals surface area contributed by atoms with Crippen molar-refractivity contribution in [3.8, 4) is 0 Å². The molecule has 29 heavy (non-hydrogen) atoms. The monoisotopic (exact) mass is 453 g/mol.